The molecule has 3 rings (SSSR count). The van der Waals surface area contributed by atoms with Crippen molar-refractivity contribution in [1.82, 2.24) is 9.88 Å². The number of carboxylic acid groups (broad SMARTS) is 1. The fourth-order valence-corrected chi connectivity index (χ4v) is 2.75. The first-order valence-electron chi connectivity index (χ1n) is 6.75. The van der Waals surface area contributed by atoms with E-state index >= 15 is 0 Å². The van der Waals surface area contributed by atoms with Gasteiger partial charge >= 0.3 is 5.97 Å². The van der Waals surface area contributed by atoms with Crippen molar-refractivity contribution in [3.05, 3.63) is 36.0 Å². The van der Waals surface area contributed by atoms with E-state index in [0.717, 1.165) is 10.9 Å². The lowest BCUT2D eigenvalue weighted by Crippen LogP contribution is -2.40. The summed E-state index contributed by atoms with van der Waals surface area (Å²) in [6.07, 6.45) is 2.79. The molecule has 1 amide bonds. The molecule has 0 radical (unpaired) electrons. The molecule has 0 unspecified atom stereocenters. The molecule has 2 heterocycles. The van der Waals surface area contributed by atoms with Crippen LogP contribution < -0.4 is 0 Å². The van der Waals surface area contributed by atoms with Gasteiger partial charge in [0.25, 0.3) is 5.91 Å². The van der Waals surface area contributed by atoms with E-state index in [0.29, 0.717) is 31.5 Å². The molecular weight excluding hydrogens is 256 g/mol. The van der Waals surface area contributed by atoms with Crippen molar-refractivity contribution in [1.29, 1.82) is 0 Å². The van der Waals surface area contributed by atoms with Gasteiger partial charge in [0, 0.05) is 30.2 Å². The lowest BCUT2D eigenvalue weighted by molar-refractivity contribution is -0.143. The summed E-state index contributed by atoms with van der Waals surface area (Å²) in [6, 6.07) is 7.68. The van der Waals surface area contributed by atoms with Crippen LogP contribution >= 0.6 is 0 Å². The third-order valence-electron chi connectivity index (χ3n) is 3.95. The van der Waals surface area contributed by atoms with Crippen molar-refractivity contribution in [2.24, 2.45) is 5.92 Å². The molecule has 2 aromatic rings. The average molecular weight is 272 g/mol. The first-order valence-corrected chi connectivity index (χ1v) is 6.75. The second kappa shape index (κ2) is 5.00. The van der Waals surface area contributed by atoms with E-state index in [4.69, 9.17) is 5.11 Å². The Bertz CT molecular complexity index is 654. The van der Waals surface area contributed by atoms with Gasteiger partial charge in [-0.3, -0.25) is 9.59 Å². The zero-order valence-electron chi connectivity index (χ0n) is 11.0. The van der Waals surface area contributed by atoms with Crippen molar-refractivity contribution in [2.45, 2.75) is 12.8 Å². The largest absolute Gasteiger partial charge is 0.481 e. The van der Waals surface area contributed by atoms with Crippen LogP contribution in [0.3, 0.4) is 0 Å². The Kier molecular flexibility index (Phi) is 3.18. The molecule has 1 aliphatic rings. The number of carboxylic acids is 1. The highest BCUT2D eigenvalue weighted by Gasteiger charge is 2.28. The standard InChI is InChI=1S/C15H16N2O3/c18-14(17-7-5-10(6-8-17)15(19)20)12-9-16-13-4-2-1-3-11(12)13/h1-4,9-10,16H,5-8H2,(H,19,20). The van der Waals surface area contributed by atoms with Gasteiger partial charge in [0.2, 0.25) is 0 Å². The lowest BCUT2D eigenvalue weighted by atomic mass is 9.96. The summed E-state index contributed by atoms with van der Waals surface area (Å²) in [6.45, 7) is 1.02. The van der Waals surface area contributed by atoms with Crippen molar-refractivity contribution in [3.63, 3.8) is 0 Å². The van der Waals surface area contributed by atoms with Crippen LogP contribution in [-0.4, -0.2) is 40.0 Å². The fourth-order valence-electron chi connectivity index (χ4n) is 2.75. The minimum atomic E-state index is -0.760. The number of rotatable bonds is 2. The summed E-state index contributed by atoms with van der Waals surface area (Å²) in [5, 5.41) is 9.89. The molecule has 0 spiro atoms. The Labute approximate surface area is 116 Å². The number of nitrogens with zero attached hydrogens (tertiary/aromatic N) is 1. The summed E-state index contributed by atoms with van der Waals surface area (Å²) < 4.78 is 0. The molecule has 0 bridgehead atoms. The van der Waals surface area contributed by atoms with E-state index in [1.165, 1.54) is 0 Å². The van der Waals surface area contributed by atoms with Crippen LogP contribution in [0.2, 0.25) is 0 Å². The number of H-pyrrole nitrogens is 1. The van der Waals surface area contributed by atoms with E-state index in [2.05, 4.69) is 4.98 Å². The molecule has 1 fully saturated rings. The quantitative estimate of drug-likeness (QED) is 0.879. The summed E-state index contributed by atoms with van der Waals surface area (Å²) in [4.78, 5) is 28.3. The van der Waals surface area contributed by atoms with Crippen molar-refractivity contribution in [2.75, 3.05) is 13.1 Å². The molecular formula is C15H16N2O3. The summed E-state index contributed by atoms with van der Waals surface area (Å²) in [5.74, 6) is -1.10. The number of carbonyl (C=O) groups excluding carboxylic acids is 1. The Morgan fingerprint density at radius 1 is 1.20 bits per heavy atom. The van der Waals surface area contributed by atoms with Crippen LogP contribution in [0.4, 0.5) is 0 Å². The van der Waals surface area contributed by atoms with Crippen LogP contribution in [0.5, 0.6) is 0 Å². The number of nitrogens with one attached hydrogen (secondary N) is 1. The first-order chi connectivity index (χ1) is 9.66. The molecule has 2 N–H and O–H groups in total. The average Bonchev–Trinajstić information content (AvgIpc) is 2.90. The SMILES string of the molecule is O=C(O)C1CCN(C(=O)c2c[nH]c3ccccc23)CC1. The van der Waals surface area contributed by atoms with E-state index in [1.807, 2.05) is 24.3 Å². The second-order valence-corrected chi connectivity index (χ2v) is 5.15. The van der Waals surface area contributed by atoms with Crippen LogP contribution in [0.15, 0.2) is 30.5 Å². The van der Waals surface area contributed by atoms with Crippen LogP contribution in [0, 0.1) is 5.92 Å². The third-order valence-corrected chi connectivity index (χ3v) is 3.95. The van der Waals surface area contributed by atoms with E-state index in [-0.39, 0.29) is 11.8 Å². The van der Waals surface area contributed by atoms with Crippen LogP contribution in [-0.2, 0) is 4.79 Å². The molecule has 0 atom stereocenters. The highest BCUT2D eigenvalue weighted by molar-refractivity contribution is 6.06. The molecule has 20 heavy (non-hydrogen) atoms. The van der Waals surface area contributed by atoms with Crippen molar-refractivity contribution in [3.8, 4) is 0 Å². The highest BCUT2D eigenvalue weighted by Crippen LogP contribution is 2.23. The van der Waals surface area contributed by atoms with Gasteiger partial charge in [-0.1, -0.05) is 18.2 Å². The molecule has 104 valence electrons. The predicted molar refractivity (Wildman–Crippen MR) is 74.6 cm³/mol. The second-order valence-electron chi connectivity index (χ2n) is 5.15. The lowest BCUT2D eigenvalue weighted by Gasteiger charge is -2.30. The number of aromatic nitrogens is 1. The number of para-hydroxylation sites is 1. The number of amides is 1. The number of fused-ring (bicyclic) bond motifs is 1. The zero-order chi connectivity index (χ0) is 14.1. The van der Waals surface area contributed by atoms with Crippen molar-refractivity contribution < 1.29 is 14.7 Å². The fraction of sp³-hybridized carbons (Fsp3) is 0.333. The number of hydrogen-bond acceptors (Lipinski definition) is 2. The zero-order valence-corrected chi connectivity index (χ0v) is 11.0. The van der Waals surface area contributed by atoms with Gasteiger partial charge in [0.1, 0.15) is 0 Å². The minimum Gasteiger partial charge on any atom is -0.481 e. The van der Waals surface area contributed by atoms with Gasteiger partial charge in [-0.05, 0) is 18.9 Å². The molecule has 0 saturated carbocycles. The van der Waals surface area contributed by atoms with Gasteiger partial charge < -0.3 is 15.0 Å². The monoisotopic (exact) mass is 272 g/mol. The van der Waals surface area contributed by atoms with Gasteiger partial charge in [-0.15, -0.1) is 0 Å². The number of carbonyl (C=O) groups is 2. The summed E-state index contributed by atoms with van der Waals surface area (Å²) in [5.41, 5.74) is 1.60. The number of aliphatic carboxylic acids is 1. The normalized spacial score (nSPS) is 16.5. The van der Waals surface area contributed by atoms with Gasteiger partial charge in [0.15, 0.2) is 0 Å². The summed E-state index contributed by atoms with van der Waals surface area (Å²) in [7, 11) is 0. The van der Waals surface area contributed by atoms with E-state index < -0.39 is 5.97 Å². The molecule has 5 nitrogen and oxygen atoms in total. The van der Waals surface area contributed by atoms with Crippen molar-refractivity contribution >= 4 is 22.8 Å². The number of piperidine rings is 1. The number of likely N-dealkylation sites (tertiary alicyclic amines) is 1. The van der Waals surface area contributed by atoms with E-state index in [9.17, 15) is 9.59 Å². The van der Waals surface area contributed by atoms with Crippen LogP contribution in [0.1, 0.15) is 23.2 Å². The topological polar surface area (TPSA) is 73.4 Å². The first kappa shape index (κ1) is 12.7. The molecule has 1 aromatic heterocycles. The maximum Gasteiger partial charge on any atom is 0.306 e. The third kappa shape index (κ3) is 2.15. The molecule has 0 aliphatic carbocycles. The molecule has 1 saturated heterocycles. The Morgan fingerprint density at radius 2 is 1.90 bits per heavy atom. The Balaban J connectivity index is 1.78. The van der Waals surface area contributed by atoms with Crippen LogP contribution in [0.25, 0.3) is 10.9 Å². The summed E-state index contributed by atoms with van der Waals surface area (Å²) >= 11 is 0. The highest BCUT2D eigenvalue weighted by atomic mass is 16.4. The number of hydrogen-bond donors (Lipinski definition) is 2. The predicted octanol–water partition coefficient (Wildman–Crippen LogP) is 2.10. The van der Waals surface area contributed by atoms with Gasteiger partial charge in [0.05, 0.1) is 11.5 Å². The van der Waals surface area contributed by atoms with Gasteiger partial charge in [-0.2, -0.15) is 0 Å². The number of benzene rings is 1. The maximum atomic E-state index is 12.5. The smallest absolute Gasteiger partial charge is 0.306 e. The Hall–Kier alpha value is -2.30. The van der Waals surface area contributed by atoms with E-state index in [1.54, 1.807) is 11.1 Å². The van der Waals surface area contributed by atoms with Gasteiger partial charge in [-0.25, -0.2) is 0 Å². The maximum absolute atomic E-state index is 12.5. The molecule has 1 aromatic carbocycles. The number of aromatic amines is 1. The molecule has 5 heteroatoms. The minimum absolute atomic E-state index is 0.0220. The molecule has 1 aliphatic heterocycles. The Morgan fingerprint density at radius 3 is 2.60 bits per heavy atom.